The molecule has 7 heteroatoms. The lowest BCUT2D eigenvalue weighted by atomic mass is 10.0. The van der Waals surface area contributed by atoms with Crippen LogP contribution in [0.3, 0.4) is 0 Å². The van der Waals surface area contributed by atoms with E-state index in [2.05, 4.69) is 11.4 Å². The molecular weight excluding hydrogens is 352 g/mol. The maximum atomic E-state index is 13.3. The summed E-state index contributed by atoms with van der Waals surface area (Å²) in [5.41, 5.74) is 6.92. The zero-order valence-corrected chi connectivity index (χ0v) is 16.4. The Morgan fingerprint density at radius 2 is 1.86 bits per heavy atom. The zero-order valence-electron chi connectivity index (χ0n) is 16.4. The molecule has 1 aromatic rings. The van der Waals surface area contributed by atoms with Gasteiger partial charge in [0.15, 0.2) is 5.96 Å². The molecule has 3 rings (SSSR count). The van der Waals surface area contributed by atoms with Gasteiger partial charge < -0.3 is 16.0 Å². The standard InChI is InChI=1S/C21H30N6O/c22-15-16-6-5-9-19(14-16)27(18-10-12-26(13-11-18)20(23)24)21(28)25-17-7-3-1-2-4-8-17/h5-6,9,14,17-18H,1-4,7-8,10-13H2,(H3,23,24)(H,25,28). The number of carbonyl (C=O) groups is 1. The number of amides is 2. The van der Waals surface area contributed by atoms with Crippen LogP contribution in [0, 0.1) is 16.7 Å². The van der Waals surface area contributed by atoms with Crippen molar-refractivity contribution in [3.8, 4) is 6.07 Å². The third kappa shape index (κ3) is 4.94. The number of nitrogens with two attached hydrogens (primary N) is 1. The highest BCUT2D eigenvalue weighted by Crippen LogP contribution is 2.26. The molecule has 1 aromatic carbocycles. The molecule has 28 heavy (non-hydrogen) atoms. The van der Waals surface area contributed by atoms with Crippen molar-refractivity contribution in [2.24, 2.45) is 5.73 Å². The first kappa shape index (κ1) is 20.0. The fourth-order valence-electron chi connectivity index (χ4n) is 4.25. The molecule has 4 N–H and O–H groups in total. The number of anilines is 1. The van der Waals surface area contributed by atoms with Crippen LogP contribution in [0.1, 0.15) is 56.9 Å². The van der Waals surface area contributed by atoms with Crippen LogP contribution in [0.2, 0.25) is 0 Å². The van der Waals surface area contributed by atoms with E-state index in [-0.39, 0.29) is 24.1 Å². The second-order valence-corrected chi connectivity index (χ2v) is 7.77. The van der Waals surface area contributed by atoms with Crippen molar-refractivity contribution < 1.29 is 4.79 Å². The van der Waals surface area contributed by atoms with Crippen LogP contribution < -0.4 is 16.0 Å². The fourth-order valence-corrected chi connectivity index (χ4v) is 4.25. The Hall–Kier alpha value is -2.75. The number of hydrogen-bond acceptors (Lipinski definition) is 3. The van der Waals surface area contributed by atoms with E-state index < -0.39 is 0 Å². The van der Waals surface area contributed by atoms with Gasteiger partial charge in [-0.05, 0) is 43.9 Å². The smallest absolute Gasteiger partial charge is 0.322 e. The molecule has 0 aromatic heterocycles. The van der Waals surface area contributed by atoms with Crippen LogP contribution in [0.4, 0.5) is 10.5 Å². The Balaban J connectivity index is 1.78. The van der Waals surface area contributed by atoms with Crippen molar-refractivity contribution in [2.75, 3.05) is 18.0 Å². The number of likely N-dealkylation sites (tertiary alicyclic amines) is 1. The molecule has 2 amide bonds. The van der Waals surface area contributed by atoms with E-state index in [1.807, 2.05) is 21.9 Å². The van der Waals surface area contributed by atoms with E-state index in [9.17, 15) is 10.1 Å². The molecular formula is C21H30N6O. The Morgan fingerprint density at radius 1 is 1.18 bits per heavy atom. The zero-order chi connectivity index (χ0) is 19.9. The third-order valence-corrected chi connectivity index (χ3v) is 5.83. The highest BCUT2D eigenvalue weighted by Gasteiger charge is 2.31. The molecule has 0 radical (unpaired) electrons. The SMILES string of the molecule is N#Cc1cccc(N(C(=O)NC2CCCCCC2)C2CCN(C(=N)N)CC2)c1. The van der Waals surface area contributed by atoms with Gasteiger partial charge in [-0.25, -0.2) is 4.79 Å². The van der Waals surface area contributed by atoms with Crippen LogP contribution in [0.15, 0.2) is 24.3 Å². The summed E-state index contributed by atoms with van der Waals surface area (Å²) in [5, 5.41) is 20.1. The number of rotatable bonds is 3. The second kappa shape index (κ2) is 9.45. The van der Waals surface area contributed by atoms with Crippen molar-refractivity contribution in [2.45, 2.75) is 63.5 Å². The molecule has 1 aliphatic heterocycles. The molecule has 2 aliphatic rings. The van der Waals surface area contributed by atoms with E-state index in [4.69, 9.17) is 11.1 Å². The van der Waals surface area contributed by atoms with Gasteiger partial charge >= 0.3 is 6.03 Å². The summed E-state index contributed by atoms with van der Waals surface area (Å²) in [6.45, 7) is 1.32. The fraction of sp³-hybridized carbons (Fsp3) is 0.571. The largest absolute Gasteiger partial charge is 0.370 e. The van der Waals surface area contributed by atoms with Gasteiger partial charge in [0, 0.05) is 30.9 Å². The summed E-state index contributed by atoms with van der Waals surface area (Å²) in [4.78, 5) is 16.9. The molecule has 0 spiro atoms. The highest BCUT2D eigenvalue weighted by molar-refractivity contribution is 5.93. The number of guanidine groups is 1. The van der Waals surface area contributed by atoms with Gasteiger partial charge in [-0.15, -0.1) is 0 Å². The van der Waals surface area contributed by atoms with Crippen molar-refractivity contribution in [3.05, 3.63) is 29.8 Å². The average Bonchev–Trinajstić information content (AvgIpc) is 2.97. The lowest BCUT2D eigenvalue weighted by Gasteiger charge is -2.39. The molecule has 0 unspecified atom stereocenters. The maximum absolute atomic E-state index is 13.3. The topological polar surface area (TPSA) is 109 Å². The second-order valence-electron chi connectivity index (χ2n) is 7.77. The minimum absolute atomic E-state index is 0.0234. The summed E-state index contributed by atoms with van der Waals surface area (Å²) in [5.74, 6) is 0.0828. The number of nitrogens with zero attached hydrogens (tertiary/aromatic N) is 3. The summed E-state index contributed by atoms with van der Waals surface area (Å²) in [7, 11) is 0. The van der Waals surface area contributed by atoms with E-state index in [1.165, 1.54) is 12.8 Å². The molecule has 150 valence electrons. The summed E-state index contributed by atoms with van der Waals surface area (Å²) in [6, 6.07) is 9.58. The van der Waals surface area contributed by atoms with Crippen molar-refractivity contribution in [1.29, 1.82) is 10.7 Å². The Bertz CT molecular complexity index is 727. The van der Waals surface area contributed by atoms with Crippen LogP contribution in [-0.4, -0.2) is 42.1 Å². The van der Waals surface area contributed by atoms with Gasteiger partial charge in [0.2, 0.25) is 0 Å². The first-order chi connectivity index (χ1) is 13.6. The predicted molar refractivity (Wildman–Crippen MR) is 110 cm³/mol. The molecule has 7 nitrogen and oxygen atoms in total. The Labute approximate surface area is 167 Å². The first-order valence-corrected chi connectivity index (χ1v) is 10.3. The van der Waals surface area contributed by atoms with Gasteiger partial charge in [-0.2, -0.15) is 5.26 Å². The van der Waals surface area contributed by atoms with Crippen molar-refractivity contribution in [3.63, 3.8) is 0 Å². The van der Waals surface area contributed by atoms with Gasteiger partial charge in [0.1, 0.15) is 0 Å². The quantitative estimate of drug-likeness (QED) is 0.424. The number of urea groups is 1. The Kier molecular flexibility index (Phi) is 6.75. The van der Waals surface area contributed by atoms with Crippen LogP contribution in [0.5, 0.6) is 0 Å². The van der Waals surface area contributed by atoms with Crippen molar-refractivity contribution in [1.82, 2.24) is 10.2 Å². The first-order valence-electron chi connectivity index (χ1n) is 10.3. The normalized spacial score (nSPS) is 18.8. The van der Waals surface area contributed by atoms with E-state index in [1.54, 1.807) is 12.1 Å². The van der Waals surface area contributed by atoms with Crippen LogP contribution >= 0.6 is 0 Å². The highest BCUT2D eigenvalue weighted by atomic mass is 16.2. The minimum atomic E-state index is -0.0803. The summed E-state index contributed by atoms with van der Waals surface area (Å²) in [6.07, 6.45) is 8.34. The van der Waals surface area contributed by atoms with E-state index in [0.717, 1.165) is 44.2 Å². The van der Waals surface area contributed by atoms with E-state index in [0.29, 0.717) is 18.7 Å². The van der Waals surface area contributed by atoms with Crippen LogP contribution in [-0.2, 0) is 0 Å². The van der Waals surface area contributed by atoms with Gasteiger partial charge in [0.05, 0.1) is 11.6 Å². The number of carbonyl (C=O) groups excluding carboxylic acids is 1. The molecule has 1 saturated carbocycles. The number of nitriles is 1. The van der Waals surface area contributed by atoms with Crippen molar-refractivity contribution >= 4 is 17.7 Å². The molecule has 1 saturated heterocycles. The summed E-state index contributed by atoms with van der Waals surface area (Å²) >= 11 is 0. The predicted octanol–water partition coefficient (Wildman–Crippen LogP) is 3.15. The van der Waals surface area contributed by atoms with Gasteiger partial charge in [-0.3, -0.25) is 10.3 Å². The van der Waals surface area contributed by atoms with Crippen LogP contribution in [0.25, 0.3) is 0 Å². The number of hydrogen-bond donors (Lipinski definition) is 3. The third-order valence-electron chi connectivity index (χ3n) is 5.83. The molecule has 1 heterocycles. The number of benzene rings is 1. The van der Waals surface area contributed by atoms with E-state index >= 15 is 0 Å². The van der Waals surface area contributed by atoms with Gasteiger partial charge in [-0.1, -0.05) is 31.7 Å². The average molecular weight is 383 g/mol. The molecule has 0 bridgehead atoms. The number of piperidine rings is 1. The lowest BCUT2D eigenvalue weighted by molar-refractivity contribution is 0.232. The number of nitrogens with one attached hydrogen (secondary N) is 2. The van der Waals surface area contributed by atoms with Gasteiger partial charge in [0.25, 0.3) is 0 Å². The molecule has 0 atom stereocenters. The lowest BCUT2D eigenvalue weighted by Crippen LogP contribution is -2.54. The molecule has 1 aliphatic carbocycles. The minimum Gasteiger partial charge on any atom is -0.370 e. The molecule has 2 fully saturated rings. The Morgan fingerprint density at radius 3 is 2.46 bits per heavy atom. The maximum Gasteiger partial charge on any atom is 0.322 e. The monoisotopic (exact) mass is 382 g/mol. The summed E-state index contributed by atoms with van der Waals surface area (Å²) < 4.78 is 0.